The molecule has 9 heteroatoms. The summed E-state index contributed by atoms with van der Waals surface area (Å²) in [5, 5.41) is 2.31. The lowest BCUT2D eigenvalue weighted by molar-refractivity contribution is 0.577. The minimum atomic E-state index is -3.75. The van der Waals surface area contributed by atoms with Crippen molar-refractivity contribution >= 4 is 43.7 Å². The predicted molar refractivity (Wildman–Crippen MR) is 83.0 cm³/mol. The molecule has 110 valence electrons. The van der Waals surface area contributed by atoms with Crippen molar-refractivity contribution in [2.45, 2.75) is 11.6 Å². The van der Waals surface area contributed by atoms with Crippen LogP contribution in [0.2, 0.25) is 5.02 Å². The number of hydrogen-bond acceptors (Lipinski definition) is 5. The van der Waals surface area contributed by atoms with Crippen molar-refractivity contribution in [3.63, 3.8) is 0 Å². The van der Waals surface area contributed by atoms with Crippen LogP contribution in [0.4, 0.5) is 5.82 Å². The number of nitrogen functional groups attached to an aromatic ring is 1. The van der Waals surface area contributed by atoms with Crippen molar-refractivity contribution in [3.8, 4) is 0 Å². The quantitative estimate of drug-likeness (QED) is 0.760. The second-order valence-corrected chi connectivity index (χ2v) is 7.30. The molecule has 2 heterocycles. The Morgan fingerprint density at radius 1 is 1.33 bits per heavy atom. The van der Waals surface area contributed by atoms with Crippen LogP contribution in [0.15, 0.2) is 40.9 Å². The van der Waals surface area contributed by atoms with Crippen LogP contribution in [-0.4, -0.2) is 17.8 Å². The van der Waals surface area contributed by atoms with Crippen LogP contribution in [0.5, 0.6) is 0 Å². The Morgan fingerprint density at radius 2 is 2.05 bits per heavy atom. The molecular formula is C12H11ClN4O2S2. The summed E-state index contributed by atoms with van der Waals surface area (Å²) in [7, 11) is -3.75. The highest BCUT2D eigenvalue weighted by Crippen LogP contribution is 2.23. The zero-order valence-corrected chi connectivity index (χ0v) is 13.0. The molecule has 0 amide bonds. The van der Waals surface area contributed by atoms with E-state index in [1.54, 1.807) is 35.8 Å². The number of imidazole rings is 1. The summed E-state index contributed by atoms with van der Waals surface area (Å²) in [6, 6.07) is 6.92. The molecule has 0 radical (unpaired) electrons. The number of aromatic nitrogens is 2. The number of sulfonamides is 1. The number of benzene rings is 1. The van der Waals surface area contributed by atoms with Gasteiger partial charge in [-0.1, -0.05) is 23.7 Å². The molecule has 0 spiro atoms. The van der Waals surface area contributed by atoms with E-state index in [4.69, 9.17) is 17.3 Å². The van der Waals surface area contributed by atoms with Crippen LogP contribution >= 0.6 is 22.9 Å². The van der Waals surface area contributed by atoms with E-state index in [9.17, 15) is 8.42 Å². The number of thiazole rings is 1. The maximum atomic E-state index is 12.4. The van der Waals surface area contributed by atoms with E-state index in [2.05, 4.69) is 9.71 Å². The van der Waals surface area contributed by atoms with Crippen molar-refractivity contribution in [3.05, 3.63) is 46.4 Å². The van der Waals surface area contributed by atoms with Crippen LogP contribution in [0.25, 0.3) is 4.96 Å². The summed E-state index contributed by atoms with van der Waals surface area (Å²) in [5.74, 6) is -0.00884. The van der Waals surface area contributed by atoms with Gasteiger partial charge in [0.25, 0.3) is 10.0 Å². The van der Waals surface area contributed by atoms with Gasteiger partial charge < -0.3 is 5.73 Å². The number of hydrogen-bond donors (Lipinski definition) is 2. The molecule has 0 aliphatic heterocycles. The number of nitrogens with zero attached hydrogens (tertiary/aromatic N) is 2. The molecular weight excluding hydrogens is 332 g/mol. The molecule has 21 heavy (non-hydrogen) atoms. The summed E-state index contributed by atoms with van der Waals surface area (Å²) in [6.07, 6.45) is 1.63. The minimum Gasteiger partial charge on any atom is -0.381 e. The van der Waals surface area contributed by atoms with Gasteiger partial charge in [0.1, 0.15) is 0 Å². The Kier molecular flexibility index (Phi) is 3.62. The summed E-state index contributed by atoms with van der Waals surface area (Å²) < 4.78 is 28.8. The third-order valence-electron chi connectivity index (χ3n) is 2.88. The Balaban J connectivity index is 1.88. The topological polar surface area (TPSA) is 89.5 Å². The van der Waals surface area contributed by atoms with Gasteiger partial charge in [0.15, 0.2) is 15.8 Å². The van der Waals surface area contributed by atoms with Crippen molar-refractivity contribution < 1.29 is 8.42 Å². The zero-order chi connectivity index (χ0) is 15.0. The molecule has 0 atom stereocenters. The number of nitrogens with one attached hydrogen (secondary N) is 1. The van der Waals surface area contributed by atoms with E-state index in [0.29, 0.717) is 9.98 Å². The summed E-state index contributed by atoms with van der Waals surface area (Å²) in [4.78, 5) is 4.57. The minimum absolute atomic E-state index is 0.00884. The predicted octanol–water partition coefficient (Wildman–Crippen LogP) is 2.11. The SMILES string of the molecule is Nc1nc2sccn2c1S(=O)(=O)NCc1ccc(Cl)cc1. The van der Waals surface area contributed by atoms with E-state index in [0.717, 1.165) is 5.56 Å². The molecule has 3 rings (SSSR count). The molecule has 1 aromatic carbocycles. The Hall–Kier alpha value is -1.61. The zero-order valence-electron chi connectivity index (χ0n) is 10.7. The largest absolute Gasteiger partial charge is 0.381 e. The summed E-state index contributed by atoms with van der Waals surface area (Å²) in [6.45, 7) is 0.149. The van der Waals surface area contributed by atoms with Crippen molar-refractivity contribution in [2.24, 2.45) is 0 Å². The van der Waals surface area contributed by atoms with Crippen LogP contribution in [0, 0.1) is 0 Å². The lowest BCUT2D eigenvalue weighted by atomic mass is 10.2. The molecule has 3 aromatic rings. The average molecular weight is 343 g/mol. The van der Waals surface area contributed by atoms with Gasteiger partial charge in [-0.25, -0.2) is 18.1 Å². The summed E-state index contributed by atoms with van der Waals surface area (Å²) in [5.41, 5.74) is 6.51. The standard InChI is InChI=1S/C12H11ClN4O2S2/c13-9-3-1-8(2-4-9)7-15-21(18,19)11-10(14)16-12-17(11)5-6-20-12/h1-6,15H,7,14H2. The maximum absolute atomic E-state index is 12.4. The average Bonchev–Trinajstić information content (AvgIpc) is 2.97. The second kappa shape index (κ2) is 5.30. The highest BCUT2D eigenvalue weighted by molar-refractivity contribution is 7.89. The normalized spacial score (nSPS) is 12.0. The van der Waals surface area contributed by atoms with Crippen molar-refractivity contribution in [1.29, 1.82) is 0 Å². The fraction of sp³-hybridized carbons (Fsp3) is 0.0833. The van der Waals surface area contributed by atoms with E-state index >= 15 is 0 Å². The maximum Gasteiger partial charge on any atom is 0.260 e. The molecule has 0 aliphatic rings. The van der Waals surface area contributed by atoms with Gasteiger partial charge in [-0.05, 0) is 17.7 Å². The molecule has 0 saturated carbocycles. The highest BCUT2D eigenvalue weighted by atomic mass is 35.5. The van der Waals surface area contributed by atoms with Crippen molar-refractivity contribution in [2.75, 3.05) is 5.73 Å². The van der Waals surface area contributed by atoms with E-state index in [-0.39, 0.29) is 17.4 Å². The molecule has 2 aromatic heterocycles. The van der Waals surface area contributed by atoms with Gasteiger partial charge in [-0.3, -0.25) is 4.40 Å². The number of nitrogens with two attached hydrogens (primary N) is 1. The molecule has 0 saturated heterocycles. The van der Waals surface area contributed by atoms with Gasteiger partial charge in [-0.2, -0.15) is 0 Å². The first-order valence-electron chi connectivity index (χ1n) is 5.92. The molecule has 0 unspecified atom stereocenters. The van der Waals surface area contributed by atoms with Crippen molar-refractivity contribution in [1.82, 2.24) is 14.1 Å². The smallest absolute Gasteiger partial charge is 0.260 e. The van der Waals surface area contributed by atoms with Gasteiger partial charge in [-0.15, -0.1) is 11.3 Å². The molecule has 3 N–H and O–H groups in total. The first-order chi connectivity index (χ1) is 9.97. The number of fused-ring (bicyclic) bond motifs is 1. The monoisotopic (exact) mass is 342 g/mol. The Labute approximate surface area is 130 Å². The van der Waals surface area contributed by atoms with Crippen LogP contribution in [-0.2, 0) is 16.6 Å². The molecule has 6 nitrogen and oxygen atoms in total. The van der Waals surface area contributed by atoms with Gasteiger partial charge in [0.05, 0.1) is 0 Å². The van der Waals surface area contributed by atoms with Gasteiger partial charge in [0, 0.05) is 23.1 Å². The molecule has 0 fully saturated rings. The fourth-order valence-corrected chi connectivity index (χ4v) is 4.02. The third kappa shape index (κ3) is 2.75. The summed E-state index contributed by atoms with van der Waals surface area (Å²) >= 11 is 7.11. The fourth-order valence-electron chi connectivity index (χ4n) is 1.90. The lowest BCUT2D eigenvalue weighted by Crippen LogP contribution is -2.25. The Morgan fingerprint density at radius 3 is 2.76 bits per heavy atom. The van der Waals surface area contributed by atoms with Gasteiger partial charge in [0.2, 0.25) is 0 Å². The van der Waals surface area contributed by atoms with Crippen LogP contribution in [0.1, 0.15) is 5.56 Å². The first-order valence-corrected chi connectivity index (χ1v) is 8.66. The molecule has 0 bridgehead atoms. The van der Waals surface area contributed by atoms with Crippen LogP contribution in [0.3, 0.4) is 0 Å². The molecule has 0 aliphatic carbocycles. The number of halogens is 1. The number of anilines is 1. The van der Waals surface area contributed by atoms with E-state index in [1.807, 2.05) is 0 Å². The van der Waals surface area contributed by atoms with Crippen LogP contribution < -0.4 is 10.5 Å². The second-order valence-electron chi connectivity index (χ2n) is 4.31. The van der Waals surface area contributed by atoms with E-state index < -0.39 is 10.0 Å². The van der Waals surface area contributed by atoms with Gasteiger partial charge >= 0.3 is 0 Å². The number of rotatable bonds is 4. The van der Waals surface area contributed by atoms with E-state index in [1.165, 1.54) is 15.7 Å². The Bertz CT molecular complexity index is 884. The third-order valence-corrected chi connectivity index (χ3v) is 5.33. The lowest BCUT2D eigenvalue weighted by Gasteiger charge is -2.06. The first kappa shape index (κ1) is 14.3. The highest BCUT2D eigenvalue weighted by Gasteiger charge is 2.24.